The third-order valence-corrected chi connectivity index (χ3v) is 1.71. The van der Waals surface area contributed by atoms with Crippen molar-refractivity contribution >= 4 is 5.97 Å². The van der Waals surface area contributed by atoms with E-state index in [4.69, 9.17) is 10.2 Å². The second kappa shape index (κ2) is 6.16. The average Bonchev–Trinajstić information content (AvgIpc) is 1.97. The van der Waals surface area contributed by atoms with Gasteiger partial charge in [0.2, 0.25) is 0 Å². The lowest BCUT2D eigenvalue weighted by atomic mass is 10.0. The number of aliphatic hydroxyl groups excluding tert-OH is 1. The van der Waals surface area contributed by atoms with E-state index in [1.807, 2.05) is 6.92 Å². The fourth-order valence-corrected chi connectivity index (χ4v) is 0.954. The first-order valence-corrected chi connectivity index (χ1v) is 3.99. The Labute approximate surface area is 67.0 Å². The molecular weight excluding hydrogens is 144 g/mol. The Morgan fingerprint density at radius 3 is 2.55 bits per heavy atom. The van der Waals surface area contributed by atoms with Crippen LogP contribution >= 0.6 is 0 Å². The number of rotatable bonds is 6. The molecule has 11 heavy (non-hydrogen) atoms. The zero-order valence-corrected chi connectivity index (χ0v) is 6.92. The number of hydrogen-bond acceptors (Lipinski definition) is 2. The lowest BCUT2D eigenvalue weighted by Gasteiger charge is -2.07. The molecule has 0 aromatic rings. The van der Waals surface area contributed by atoms with Crippen LogP contribution in [0.3, 0.4) is 0 Å². The van der Waals surface area contributed by atoms with Gasteiger partial charge < -0.3 is 10.2 Å². The van der Waals surface area contributed by atoms with E-state index in [1.54, 1.807) is 0 Å². The smallest absolute Gasteiger partial charge is 0.303 e. The molecule has 0 aromatic carbocycles. The molecule has 1 unspecified atom stereocenters. The number of aliphatic hydroxyl groups is 1. The highest BCUT2D eigenvalue weighted by Gasteiger charge is 2.04. The highest BCUT2D eigenvalue weighted by Crippen LogP contribution is 2.11. The molecule has 0 radical (unpaired) electrons. The lowest BCUT2D eigenvalue weighted by Crippen LogP contribution is -2.01. The first-order valence-electron chi connectivity index (χ1n) is 3.99. The van der Waals surface area contributed by atoms with Crippen molar-refractivity contribution in [2.75, 3.05) is 6.61 Å². The maximum absolute atomic E-state index is 10.1. The summed E-state index contributed by atoms with van der Waals surface area (Å²) in [4.78, 5) is 10.1. The van der Waals surface area contributed by atoms with Crippen LogP contribution in [0.2, 0.25) is 0 Å². The molecule has 0 saturated carbocycles. The van der Waals surface area contributed by atoms with E-state index in [-0.39, 0.29) is 13.0 Å². The Kier molecular flexibility index (Phi) is 5.84. The first kappa shape index (κ1) is 10.4. The fraction of sp³-hybridized carbons (Fsp3) is 0.875. The highest BCUT2D eigenvalue weighted by molar-refractivity contribution is 5.66. The first-order chi connectivity index (χ1) is 5.16. The van der Waals surface area contributed by atoms with Crippen LogP contribution in [0.4, 0.5) is 0 Å². The molecule has 0 rings (SSSR count). The number of carboxylic acids is 1. The van der Waals surface area contributed by atoms with Gasteiger partial charge in [0.1, 0.15) is 0 Å². The molecule has 0 aliphatic carbocycles. The van der Waals surface area contributed by atoms with E-state index >= 15 is 0 Å². The Hall–Kier alpha value is -0.570. The minimum Gasteiger partial charge on any atom is -0.481 e. The topological polar surface area (TPSA) is 57.5 Å². The minimum atomic E-state index is -0.735. The quantitative estimate of drug-likeness (QED) is 0.615. The van der Waals surface area contributed by atoms with Crippen molar-refractivity contribution in [1.29, 1.82) is 0 Å². The average molecular weight is 160 g/mol. The zero-order chi connectivity index (χ0) is 8.69. The van der Waals surface area contributed by atoms with Gasteiger partial charge in [-0.25, -0.2) is 0 Å². The Morgan fingerprint density at radius 2 is 2.09 bits per heavy atom. The normalized spacial score (nSPS) is 12.9. The van der Waals surface area contributed by atoms with E-state index in [9.17, 15) is 4.79 Å². The van der Waals surface area contributed by atoms with Crippen molar-refractivity contribution in [3.8, 4) is 0 Å². The molecule has 2 N–H and O–H groups in total. The Balaban J connectivity index is 3.22. The van der Waals surface area contributed by atoms with Gasteiger partial charge in [0, 0.05) is 13.0 Å². The molecule has 3 heteroatoms. The third kappa shape index (κ3) is 7.33. The summed E-state index contributed by atoms with van der Waals surface area (Å²) in [5.41, 5.74) is 0. The van der Waals surface area contributed by atoms with Crippen LogP contribution in [-0.4, -0.2) is 22.8 Å². The highest BCUT2D eigenvalue weighted by atomic mass is 16.4. The summed E-state index contributed by atoms with van der Waals surface area (Å²) in [7, 11) is 0. The largest absolute Gasteiger partial charge is 0.481 e. The number of carboxylic acid groups (broad SMARTS) is 1. The van der Waals surface area contributed by atoms with Crippen molar-refractivity contribution in [2.24, 2.45) is 5.92 Å². The SMILES string of the molecule is CC(CCCO)CCC(=O)O. The minimum absolute atomic E-state index is 0.206. The summed E-state index contributed by atoms with van der Waals surface area (Å²) in [6, 6.07) is 0. The molecule has 0 fully saturated rings. The van der Waals surface area contributed by atoms with Crippen molar-refractivity contribution < 1.29 is 15.0 Å². The van der Waals surface area contributed by atoms with Crippen LogP contribution in [0.1, 0.15) is 32.6 Å². The van der Waals surface area contributed by atoms with Crippen molar-refractivity contribution in [1.82, 2.24) is 0 Å². The summed E-state index contributed by atoms with van der Waals surface area (Å²) >= 11 is 0. The third-order valence-electron chi connectivity index (χ3n) is 1.71. The molecule has 66 valence electrons. The number of hydrogen-bond donors (Lipinski definition) is 2. The van der Waals surface area contributed by atoms with Gasteiger partial charge in [0.25, 0.3) is 0 Å². The van der Waals surface area contributed by atoms with E-state index < -0.39 is 5.97 Å². The van der Waals surface area contributed by atoms with Crippen LogP contribution in [0.15, 0.2) is 0 Å². The standard InChI is InChI=1S/C8H16O3/c1-7(3-2-6-9)4-5-8(10)11/h7,9H,2-6H2,1H3,(H,10,11). The van der Waals surface area contributed by atoms with E-state index in [1.165, 1.54) is 0 Å². The summed E-state index contributed by atoms with van der Waals surface area (Å²) in [6.07, 6.45) is 2.66. The monoisotopic (exact) mass is 160 g/mol. The van der Waals surface area contributed by atoms with Gasteiger partial charge in [0.05, 0.1) is 0 Å². The number of aliphatic carboxylic acids is 1. The lowest BCUT2D eigenvalue weighted by molar-refractivity contribution is -0.137. The predicted molar refractivity (Wildman–Crippen MR) is 42.4 cm³/mol. The molecule has 0 heterocycles. The Bertz CT molecular complexity index is 112. The fourth-order valence-electron chi connectivity index (χ4n) is 0.954. The van der Waals surface area contributed by atoms with Gasteiger partial charge in [-0.15, -0.1) is 0 Å². The van der Waals surface area contributed by atoms with Crippen molar-refractivity contribution in [3.63, 3.8) is 0 Å². The summed E-state index contributed by atoms with van der Waals surface area (Å²) in [5.74, 6) is -0.320. The van der Waals surface area contributed by atoms with Crippen molar-refractivity contribution in [3.05, 3.63) is 0 Å². The molecule has 0 aromatic heterocycles. The number of carbonyl (C=O) groups is 1. The van der Waals surface area contributed by atoms with Crippen LogP contribution in [-0.2, 0) is 4.79 Å². The molecule has 0 spiro atoms. The predicted octanol–water partition coefficient (Wildman–Crippen LogP) is 1.26. The van der Waals surface area contributed by atoms with Crippen molar-refractivity contribution in [2.45, 2.75) is 32.6 Å². The van der Waals surface area contributed by atoms with Crippen LogP contribution in [0.5, 0.6) is 0 Å². The zero-order valence-electron chi connectivity index (χ0n) is 6.92. The summed E-state index contributed by atoms with van der Waals surface area (Å²) in [5, 5.41) is 16.8. The van der Waals surface area contributed by atoms with E-state index in [0.717, 1.165) is 19.3 Å². The molecule has 0 saturated heterocycles. The second-order valence-electron chi connectivity index (χ2n) is 2.90. The molecule has 0 aliphatic heterocycles. The second-order valence-corrected chi connectivity index (χ2v) is 2.90. The molecule has 0 bridgehead atoms. The molecule has 0 amide bonds. The maximum Gasteiger partial charge on any atom is 0.303 e. The Morgan fingerprint density at radius 1 is 1.45 bits per heavy atom. The summed E-state index contributed by atoms with van der Waals surface area (Å²) < 4.78 is 0. The van der Waals surface area contributed by atoms with Crippen LogP contribution in [0, 0.1) is 5.92 Å². The van der Waals surface area contributed by atoms with E-state index in [2.05, 4.69) is 0 Å². The molecule has 1 atom stereocenters. The molecule has 0 aliphatic rings. The maximum atomic E-state index is 10.1. The van der Waals surface area contributed by atoms with Gasteiger partial charge in [-0.1, -0.05) is 6.92 Å². The molecular formula is C8H16O3. The van der Waals surface area contributed by atoms with Gasteiger partial charge in [-0.3, -0.25) is 4.79 Å². The van der Waals surface area contributed by atoms with Gasteiger partial charge in [-0.05, 0) is 25.2 Å². The van der Waals surface area contributed by atoms with Crippen LogP contribution < -0.4 is 0 Å². The van der Waals surface area contributed by atoms with E-state index in [0.29, 0.717) is 5.92 Å². The van der Waals surface area contributed by atoms with Gasteiger partial charge in [-0.2, -0.15) is 0 Å². The van der Waals surface area contributed by atoms with Crippen LogP contribution in [0.25, 0.3) is 0 Å². The summed E-state index contributed by atoms with van der Waals surface area (Å²) in [6.45, 7) is 2.22. The van der Waals surface area contributed by atoms with Gasteiger partial charge >= 0.3 is 5.97 Å². The molecule has 3 nitrogen and oxygen atoms in total. The van der Waals surface area contributed by atoms with Gasteiger partial charge in [0.15, 0.2) is 0 Å².